The van der Waals surface area contributed by atoms with E-state index in [1.54, 1.807) is 19.3 Å². The Balaban J connectivity index is 1.73. The quantitative estimate of drug-likeness (QED) is 0.754. The lowest BCUT2D eigenvalue weighted by atomic mass is 10.3. The van der Waals surface area contributed by atoms with Crippen LogP contribution in [0.3, 0.4) is 0 Å². The van der Waals surface area contributed by atoms with Crippen LogP contribution in [0, 0.1) is 6.92 Å². The van der Waals surface area contributed by atoms with E-state index < -0.39 is 5.97 Å². The van der Waals surface area contributed by atoms with E-state index in [2.05, 4.69) is 15.6 Å². The number of hydrogen-bond acceptors (Lipinski definition) is 5. The van der Waals surface area contributed by atoms with Crippen molar-refractivity contribution < 1.29 is 19.1 Å². The van der Waals surface area contributed by atoms with Crippen molar-refractivity contribution >= 4 is 23.3 Å². The maximum atomic E-state index is 11.6. The number of aryl methyl sites for hydroxylation is 1. The number of nitrogens with zero attached hydrogens (tertiary/aromatic N) is 1. The summed E-state index contributed by atoms with van der Waals surface area (Å²) in [5.74, 6) is -0.198. The van der Waals surface area contributed by atoms with Gasteiger partial charge in [-0.15, -0.1) is 11.3 Å². The third-order valence-corrected chi connectivity index (χ3v) is 3.82. The Labute approximate surface area is 125 Å². The number of carboxylic acids is 1. The number of rotatable bonds is 6. The molecule has 2 heterocycles. The predicted molar refractivity (Wildman–Crippen MR) is 76.5 cm³/mol. The highest BCUT2D eigenvalue weighted by Crippen LogP contribution is 2.17. The zero-order valence-corrected chi connectivity index (χ0v) is 12.2. The average Bonchev–Trinajstić information content (AvgIpc) is 3.06. The Bertz CT molecular complexity index is 621. The van der Waals surface area contributed by atoms with Crippen molar-refractivity contribution in [1.82, 2.24) is 15.6 Å². The minimum absolute atomic E-state index is 0.199. The molecule has 2 aromatic heterocycles. The molecular weight excluding hydrogens is 294 g/mol. The fourth-order valence-electron chi connectivity index (χ4n) is 1.70. The molecule has 0 aliphatic heterocycles. The number of nitrogens with one attached hydrogen (secondary N) is 2. The number of amides is 2. The number of aromatic nitrogens is 1. The smallest absolute Gasteiger partial charge is 0.347 e. The van der Waals surface area contributed by atoms with Gasteiger partial charge in [-0.05, 0) is 19.1 Å². The number of thiazole rings is 1. The Morgan fingerprint density at radius 2 is 2.24 bits per heavy atom. The van der Waals surface area contributed by atoms with Crippen molar-refractivity contribution in [3.63, 3.8) is 0 Å². The lowest BCUT2D eigenvalue weighted by Gasteiger charge is -2.05. The van der Waals surface area contributed by atoms with Gasteiger partial charge in [0.1, 0.15) is 15.6 Å². The minimum atomic E-state index is -1.00. The zero-order chi connectivity index (χ0) is 15.2. The van der Waals surface area contributed by atoms with Crippen molar-refractivity contribution in [1.29, 1.82) is 0 Å². The summed E-state index contributed by atoms with van der Waals surface area (Å²) in [5.41, 5.74) is 0.461. The monoisotopic (exact) mass is 309 g/mol. The summed E-state index contributed by atoms with van der Waals surface area (Å²) in [7, 11) is 0. The van der Waals surface area contributed by atoms with Crippen LogP contribution in [0.4, 0.5) is 4.79 Å². The molecule has 0 radical (unpaired) electrons. The average molecular weight is 309 g/mol. The molecule has 2 aromatic rings. The summed E-state index contributed by atoms with van der Waals surface area (Å²) in [4.78, 5) is 26.8. The first-order valence-corrected chi connectivity index (χ1v) is 7.11. The van der Waals surface area contributed by atoms with Crippen LogP contribution < -0.4 is 10.6 Å². The second-order valence-electron chi connectivity index (χ2n) is 4.27. The summed E-state index contributed by atoms with van der Waals surface area (Å²) < 4.78 is 5.15. The molecule has 0 unspecified atom stereocenters. The van der Waals surface area contributed by atoms with Gasteiger partial charge in [-0.25, -0.2) is 14.6 Å². The maximum absolute atomic E-state index is 11.6. The topological polar surface area (TPSA) is 104 Å². The van der Waals surface area contributed by atoms with E-state index in [0.29, 0.717) is 23.7 Å². The summed E-state index contributed by atoms with van der Waals surface area (Å²) in [6.45, 7) is 2.29. The number of carbonyl (C=O) groups excluding carboxylic acids is 1. The largest absolute Gasteiger partial charge is 0.477 e. The molecule has 0 aliphatic rings. The number of hydrogen-bond donors (Lipinski definition) is 3. The van der Waals surface area contributed by atoms with Crippen LogP contribution in [0.5, 0.6) is 0 Å². The summed E-state index contributed by atoms with van der Waals surface area (Å²) in [5, 5.41) is 14.8. The number of carboxylic acid groups (broad SMARTS) is 1. The minimum Gasteiger partial charge on any atom is -0.477 e. The first-order valence-electron chi connectivity index (χ1n) is 6.30. The number of carbonyl (C=O) groups is 2. The summed E-state index contributed by atoms with van der Waals surface area (Å²) in [6, 6.07) is 3.30. The van der Waals surface area contributed by atoms with Crippen molar-refractivity contribution in [2.45, 2.75) is 19.9 Å². The van der Waals surface area contributed by atoms with Crippen molar-refractivity contribution in [3.05, 3.63) is 39.7 Å². The Morgan fingerprint density at radius 3 is 2.86 bits per heavy atom. The van der Waals surface area contributed by atoms with E-state index in [1.807, 2.05) is 6.07 Å². The zero-order valence-electron chi connectivity index (χ0n) is 11.4. The molecule has 112 valence electrons. The molecule has 2 rings (SSSR count). The van der Waals surface area contributed by atoms with E-state index in [0.717, 1.165) is 17.1 Å². The first kappa shape index (κ1) is 15.0. The van der Waals surface area contributed by atoms with Crippen molar-refractivity contribution in [3.8, 4) is 0 Å². The van der Waals surface area contributed by atoms with Crippen molar-refractivity contribution in [2.75, 3.05) is 6.54 Å². The molecule has 0 saturated heterocycles. The molecule has 0 aromatic carbocycles. The van der Waals surface area contributed by atoms with Crippen LogP contribution in [0.15, 0.2) is 22.8 Å². The van der Waals surface area contributed by atoms with Crippen LogP contribution in [-0.4, -0.2) is 28.6 Å². The fourth-order valence-corrected chi connectivity index (χ4v) is 2.54. The van der Waals surface area contributed by atoms with Crippen LogP contribution in [0.1, 0.15) is 26.1 Å². The highest BCUT2D eigenvalue weighted by molar-refractivity contribution is 7.13. The molecule has 0 bridgehead atoms. The number of furan rings is 1. The second kappa shape index (κ2) is 6.89. The van der Waals surface area contributed by atoms with E-state index in [1.165, 1.54) is 0 Å². The van der Waals surface area contributed by atoms with Gasteiger partial charge in [0.2, 0.25) is 0 Å². The van der Waals surface area contributed by atoms with Crippen LogP contribution in [-0.2, 0) is 13.0 Å². The van der Waals surface area contributed by atoms with Gasteiger partial charge in [-0.2, -0.15) is 0 Å². The molecule has 8 heteroatoms. The molecular formula is C13H15N3O4S. The first-order chi connectivity index (χ1) is 10.1. The Hall–Kier alpha value is -2.35. The Morgan fingerprint density at radius 1 is 1.43 bits per heavy atom. The highest BCUT2D eigenvalue weighted by Gasteiger charge is 2.14. The molecule has 0 aliphatic carbocycles. The van der Waals surface area contributed by atoms with Crippen LogP contribution in [0.25, 0.3) is 0 Å². The predicted octanol–water partition coefficient (Wildman–Crippen LogP) is 1.78. The summed E-state index contributed by atoms with van der Waals surface area (Å²) >= 11 is 1.06. The molecule has 3 N–H and O–H groups in total. The molecule has 0 fully saturated rings. The van der Waals surface area contributed by atoms with Gasteiger partial charge < -0.3 is 20.2 Å². The third kappa shape index (κ3) is 4.32. The lowest BCUT2D eigenvalue weighted by molar-refractivity contribution is 0.0701. The van der Waals surface area contributed by atoms with Gasteiger partial charge in [0.05, 0.1) is 18.5 Å². The van der Waals surface area contributed by atoms with Gasteiger partial charge in [-0.3, -0.25) is 0 Å². The molecule has 2 amide bonds. The van der Waals surface area contributed by atoms with Gasteiger partial charge in [0.25, 0.3) is 0 Å². The molecule has 0 atom stereocenters. The van der Waals surface area contributed by atoms with Gasteiger partial charge >= 0.3 is 12.0 Å². The van der Waals surface area contributed by atoms with E-state index >= 15 is 0 Å². The van der Waals surface area contributed by atoms with Crippen LogP contribution >= 0.6 is 11.3 Å². The number of urea groups is 1. The van der Waals surface area contributed by atoms with Crippen molar-refractivity contribution in [2.24, 2.45) is 0 Å². The molecule has 21 heavy (non-hydrogen) atoms. The standard InChI is InChI=1S/C13H15N3O4S/c1-8-11(12(17)18)21-10(16-8)7-15-13(19)14-5-4-9-3-2-6-20-9/h2-3,6H,4-5,7H2,1H3,(H,17,18)(H2,14,15,19). The molecule has 0 spiro atoms. The van der Waals surface area contributed by atoms with Gasteiger partial charge in [0, 0.05) is 13.0 Å². The maximum Gasteiger partial charge on any atom is 0.347 e. The third-order valence-electron chi connectivity index (χ3n) is 2.67. The van der Waals surface area contributed by atoms with E-state index in [9.17, 15) is 9.59 Å². The normalized spacial score (nSPS) is 10.3. The fraction of sp³-hybridized carbons (Fsp3) is 0.308. The van der Waals surface area contributed by atoms with Gasteiger partial charge in [-0.1, -0.05) is 0 Å². The number of aromatic carboxylic acids is 1. The van der Waals surface area contributed by atoms with Gasteiger partial charge in [0.15, 0.2) is 0 Å². The van der Waals surface area contributed by atoms with E-state index in [-0.39, 0.29) is 17.5 Å². The second-order valence-corrected chi connectivity index (χ2v) is 5.35. The molecule has 0 saturated carbocycles. The Kier molecular flexibility index (Phi) is 4.94. The molecule has 7 nitrogen and oxygen atoms in total. The summed E-state index contributed by atoms with van der Waals surface area (Å²) in [6.07, 6.45) is 2.19. The van der Waals surface area contributed by atoms with E-state index in [4.69, 9.17) is 9.52 Å². The highest BCUT2D eigenvalue weighted by atomic mass is 32.1. The SMILES string of the molecule is Cc1nc(CNC(=O)NCCc2ccco2)sc1C(=O)O. The van der Waals surface area contributed by atoms with Crippen LogP contribution in [0.2, 0.25) is 0 Å². The lowest BCUT2D eigenvalue weighted by Crippen LogP contribution is -2.36.